The summed E-state index contributed by atoms with van der Waals surface area (Å²) in [4.78, 5) is 4.59. The third-order valence-corrected chi connectivity index (χ3v) is 4.28. The average molecular weight is 257 g/mol. The fraction of sp³-hybridized carbons (Fsp3) is 1.00. The number of nitrogens with zero attached hydrogens (tertiary/aromatic N) is 2. The van der Waals surface area contributed by atoms with Crippen LogP contribution in [0.3, 0.4) is 0 Å². The zero-order valence-corrected chi connectivity index (χ0v) is 12.4. The van der Waals surface area contributed by atoms with Crippen molar-refractivity contribution in [2.75, 3.05) is 47.3 Å². The van der Waals surface area contributed by atoms with Crippen molar-refractivity contribution in [3.63, 3.8) is 0 Å². The lowest BCUT2D eigenvalue weighted by molar-refractivity contribution is 0.00530. The molecule has 1 aliphatic carbocycles. The van der Waals surface area contributed by atoms with E-state index in [0.29, 0.717) is 12.5 Å². The molecule has 3 N–H and O–H groups in total. The Bertz CT molecular complexity index is 235. The normalized spacial score (nSPS) is 28.5. The first-order valence-corrected chi connectivity index (χ1v) is 7.23. The van der Waals surface area contributed by atoms with Crippen molar-refractivity contribution in [1.82, 2.24) is 9.80 Å². The number of hydrogen-bond donors (Lipinski definition) is 2. The van der Waals surface area contributed by atoms with Crippen molar-refractivity contribution in [2.24, 2.45) is 11.7 Å². The first-order valence-electron chi connectivity index (χ1n) is 7.23. The van der Waals surface area contributed by atoms with E-state index in [-0.39, 0.29) is 0 Å². The van der Waals surface area contributed by atoms with Crippen molar-refractivity contribution in [3.8, 4) is 0 Å². The molecule has 0 aromatic heterocycles. The van der Waals surface area contributed by atoms with Crippen LogP contribution in [0.15, 0.2) is 0 Å². The van der Waals surface area contributed by atoms with Gasteiger partial charge in [0.1, 0.15) is 0 Å². The maximum atomic E-state index is 10.4. The molecule has 0 aromatic carbocycles. The molecular weight excluding hydrogens is 226 g/mol. The van der Waals surface area contributed by atoms with E-state index < -0.39 is 5.60 Å². The van der Waals surface area contributed by atoms with Gasteiger partial charge in [0, 0.05) is 6.54 Å². The summed E-state index contributed by atoms with van der Waals surface area (Å²) in [6.07, 6.45) is 5.43. The van der Waals surface area contributed by atoms with E-state index >= 15 is 0 Å². The lowest BCUT2D eigenvalue weighted by Crippen LogP contribution is -2.42. The minimum Gasteiger partial charge on any atom is -0.388 e. The summed E-state index contributed by atoms with van der Waals surface area (Å²) in [6, 6.07) is 0. The first-order chi connectivity index (χ1) is 8.48. The average Bonchev–Trinajstić information content (AvgIpc) is 2.68. The lowest BCUT2D eigenvalue weighted by Gasteiger charge is -2.30. The molecule has 0 radical (unpaired) electrons. The second kappa shape index (κ2) is 7.43. The molecule has 4 heteroatoms. The molecule has 1 fully saturated rings. The third-order valence-electron chi connectivity index (χ3n) is 4.28. The monoisotopic (exact) mass is 257 g/mol. The van der Waals surface area contributed by atoms with Crippen LogP contribution in [0.1, 0.15) is 32.1 Å². The molecule has 2 atom stereocenters. The topological polar surface area (TPSA) is 52.7 Å². The highest BCUT2D eigenvalue weighted by Gasteiger charge is 2.39. The fourth-order valence-electron chi connectivity index (χ4n) is 2.95. The molecular formula is C14H31N3O. The van der Waals surface area contributed by atoms with Gasteiger partial charge in [-0.2, -0.15) is 0 Å². The molecule has 2 unspecified atom stereocenters. The molecule has 4 nitrogen and oxygen atoms in total. The van der Waals surface area contributed by atoms with Crippen LogP contribution in [0.25, 0.3) is 0 Å². The summed E-state index contributed by atoms with van der Waals surface area (Å²) in [5, 5.41) is 10.4. The summed E-state index contributed by atoms with van der Waals surface area (Å²) in [6.45, 7) is 3.76. The van der Waals surface area contributed by atoms with Gasteiger partial charge in [-0.25, -0.2) is 0 Å². The predicted molar refractivity (Wildman–Crippen MR) is 76.6 cm³/mol. The molecule has 0 spiro atoms. The smallest absolute Gasteiger partial charge is 0.0797 e. The van der Waals surface area contributed by atoms with Gasteiger partial charge in [0.25, 0.3) is 0 Å². The van der Waals surface area contributed by atoms with Gasteiger partial charge < -0.3 is 20.6 Å². The molecule has 0 bridgehead atoms. The Hall–Kier alpha value is -0.160. The van der Waals surface area contributed by atoms with Gasteiger partial charge in [-0.05, 0) is 72.4 Å². The zero-order valence-electron chi connectivity index (χ0n) is 12.4. The summed E-state index contributed by atoms with van der Waals surface area (Å²) < 4.78 is 0. The summed E-state index contributed by atoms with van der Waals surface area (Å²) >= 11 is 0. The number of hydrogen-bond acceptors (Lipinski definition) is 4. The molecule has 0 amide bonds. The van der Waals surface area contributed by atoms with Crippen LogP contribution < -0.4 is 5.73 Å². The highest BCUT2D eigenvalue weighted by molar-refractivity contribution is 4.93. The largest absolute Gasteiger partial charge is 0.388 e. The molecule has 1 saturated carbocycles. The van der Waals surface area contributed by atoms with Gasteiger partial charge in [0.15, 0.2) is 0 Å². The van der Waals surface area contributed by atoms with Crippen LogP contribution >= 0.6 is 0 Å². The van der Waals surface area contributed by atoms with Crippen LogP contribution in [-0.4, -0.2) is 67.8 Å². The van der Waals surface area contributed by atoms with Crippen LogP contribution in [0, 0.1) is 5.92 Å². The maximum absolute atomic E-state index is 10.4. The molecule has 108 valence electrons. The van der Waals surface area contributed by atoms with Gasteiger partial charge in [-0.15, -0.1) is 0 Å². The Balaban J connectivity index is 2.19. The van der Waals surface area contributed by atoms with Crippen molar-refractivity contribution < 1.29 is 5.11 Å². The van der Waals surface area contributed by atoms with E-state index in [1.165, 1.54) is 6.42 Å². The van der Waals surface area contributed by atoms with Crippen LogP contribution in [0.2, 0.25) is 0 Å². The Morgan fingerprint density at radius 2 is 1.94 bits per heavy atom. The maximum Gasteiger partial charge on any atom is 0.0797 e. The Labute approximate surface area is 112 Å². The van der Waals surface area contributed by atoms with E-state index in [0.717, 1.165) is 45.3 Å². The van der Waals surface area contributed by atoms with E-state index in [2.05, 4.69) is 30.9 Å². The molecule has 0 heterocycles. The van der Waals surface area contributed by atoms with Gasteiger partial charge in [-0.3, -0.25) is 0 Å². The first kappa shape index (κ1) is 15.9. The molecule has 0 aromatic rings. The number of nitrogens with two attached hydrogens (primary N) is 1. The van der Waals surface area contributed by atoms with Gasteiger partial charge in [-0.1, -0.05) is 6.42 Å². The van der Waals surface area contributed by atoms with Crippen molar-refractivity contribution in [3.05, 3.63) is 0 Å². The fourth-order valence-corrected chi connectivity index (χ4v) is 2.95. The summed E-state index contributed by atoms with van der Waals surface area (Å²) in [7, 11) is 6.39. The summed E-state index contributed by atoms with van der Waals surface area (Å²) in [5.74, 6) is 0.402. The molecule has 1 aliphatic rings. The highest BCUT2D eigenvalue weighted by Crippen LogP contribution is 2.37. The minimum absolute atomic E-state index is 0.402. The summed E-state index contributed by atoms with van der Waals surface area (Å²) in [5.41, 5.74) is 5.13. The van der Waals surface area contributed by atoms with E-state index in [1.54, 1.807) is 0 Å². The van der Waals surface area contributed by atoms with Crippen molar-refractivity contribution in [2.45, 2.75) is 37.7 Å². The number of aliphatic hydroxyl groups is 1. The third kappa shape index (κ3) is 4.84. The highest BCUT2D eigenvalue weighted by atomic mass is 16.3. The van der Waals surface area contributed by atoms with E-state index in [1.807, 2.05) is 0 Å². The Morgan fingerprint density at radius 1 is 1.22 bits per heavy atom. The standard InChI is InChI=1S/C14H31N3O/c1-16(2)9-5-10-17(3)11-7-13-6-4-8-14(13,18)12-15/h13,18H,4-12,15H2,1-3H3. The van der Waals surface area contributed by atoms with E-state index in [4.69, 9.17) is 5.73 Å². The number of rotatable bonds is 8. The zero-order chi connectivity index (χ0) is 13.6. The van der Waals surface area contributed by atoms with Gasteiger partial charge in [0.2, 0.25) is 0 Å². The van der Waals surface area contributed by atoms with Crippen molar-refractivity contribution >= 4 is 0 Å². The van der Waals surface area contributed by atoms with Gasteiger partial charge in [0.05, 0.1) is 5.60 Å². The molecule has 0 saturated heterocycles. The second-order valence-electron chi connectivity index (χ2n) is 6.15. The van der Waals surface area contributed by atoms with E-state index in [9.17, 15) is 5.11 Å². The SMILES string of the molecule is CN(C)CCCN(C)CCC1CCCC1(O)CN. The Morgan fingerprint density at radius 3 is 2.56 bits per heavy atom. The molecule has 18 heavy (non-hydrogen) atoms. The van der Waals surface area contributed by atoms with Crippen LogP contribution in [0.4, 0.5) is 0 Å². The lowest BCUT2D eigenvalue weighted by atomic mass is 9.88. The minimum atomic E-state index is -0.579. The van der Waals surface area contributed by atoms with Crippen LogP contribution in [-0.2, 0) is 0 Å². The predicted octanol–water partition coefficient (Wildman–Crippen LogP) is 0.750. The second-order valence-corrected chi connectivity index (χ2v) is 6.15. The van der Waals surface area contributed by atoms with Crippen molar-refractivity contribution in [1.29, 1.82) is 0 Å². The van der Waals surface area contributed by atoms with Gasteiger partial charge >= 0.3 is 0 Å². The molecule has 1 rings (SSSR count). The Kier molecular flexibility index (Phi) is 6.57. The molecule has 0 aliphatic heterocycles. The quantitative estimate of drug-likeness (QED) is 0.674. The van der Waals surface area contributed by atoms with Crippen LogP contribution in [0.5, 0.6) is 0 Å².